The normalized spacial score (nSPS) is 23.4. The van der Waals surface area contributed by atoms with E-state index >= 15 is 0 Å². The van der Waals surface area contributed by atoms with Gasteiger partial charge in [-0.25, -0.2) is 4.98 Å². The highest BCUT2D eigenvalue weighted by atomic mass is 32.1. The van der Waals surface area contributed by atoms with Crippen molar-refractivity contribution in [2.75, 3.05) is 13.1 Å². The molecule has 1 saturated heterocycles. The number of aromatic nitrogens is 3. The van der Waals surface area contributed by atoms with E-state index in [1.807, 2.05) is 4.90 Å². The fraction of sp³-hybridized carbons (Fsp3) is 0.500. The summed E-state index contributed by atoms with van der Waals surface area (Å²) >= 11 is 1.31. The Morgan fingerprint density at radius 3 is 3.10 bits per heavy atom. The highest BCUT2D eigenvalue weighted by molar-refractivity contribution is 7.14. The molecule has 1 unspecified atom stereocenters. The van der Waals surface area contributed by atoms with Gasteiger partial charge in [0.1, 0.15) is 5.51 Å². The van der Waals surface area contributed by atoms with E-state index in [1.54, 1.807) is 12.4 Å². The van der Waals surface area contributed by atoms with Crippen LogP contribution in [0.1, 0.15) is 19.0 Å². The quantitative estimate of drug-likeness (QED) is 0.884. The number of aliphatic carboxylic acids is 1. The number of hydrogen-bond donors (Lipinski definition) is 1. The topological polar surface area (TPSA) is 87.8 Å². The Hall–Kier alpha value is -1.80. The molecule has 0 saturated carbocycles. The average molecular weight is 294 g/mol. The van der Waals surface area contributed by atoms with Crippen molar-refractivity contribution in [1.29, 1.82) is 0 Å². The van der Waals surface area contributed by atoms with Crippen LogP contribution in [0.5, 0.6) is 0 Å². The van der Waals surface area contributed by atoms with Crippen LogP contribution in [0.25, 0.3) is 4.96 Å². The molecule has 2 aromatic heterocycles. The van der Waals surface area contributed by atoms with Crippen molar-refractivity contribution in [1.82, 2.24) is 19.5 Å². The first kappa shape index (κ1) is 13.2. The lowest BCUT2D eigenvalue weighted by atomic mass is 9.90. The maximum Gasteiger partial charge on any atom is 0.310 e. The van der Waals surface area contributed by atoms with Gasteiger partial charge < -0.3 is 5.11 Å². The largest absolute Gasteiger partial charge is 0.481 e. The van der Waals surface area contributed by atoms with Crippen molar-refractivity contribution in [2.45, 2.75) is 19.9 Å². The van der Waals surface area contributed by atoms with Crippen LogP contribution < -0.4 is 5.56 Å². The molecule has 20 heavy (non-hydrogen) atoms. The fourth-order valence-electron chi connectivity index (χ4n) is 2.48. The molecule has 0 radical (unpaired) electrons. The molecule has 1 aliphatic heterocycles. The van der Waals surface area contributed by atoms with E-state index < -0.39 is 11.4 Å². The summed E-state index contributed by atoms with van der Waals surface area (Å²) in [7, 11) is 0. The van der Waals surface area contributed by atoms with Gasteiger partial charge in [-0.15, -0.1) is 0 Å². The molecule has 3 heterocycles. The van der Waals surface area contributed by atoms with Crippen molar-refractivity contribution < 1.29 is 9.90 Å². The molecule has 8 heteroatoms. The van der Waals surface area contributed by atoms with Crippen LogP contribution in [-0.4, -0.2) is 43.7 Å². The predicted molar refractivity (Wildman–Crippen MR) is 72.8 cm³/mol. The Balaban J connectivity index is 1.81. The van der Waals surface area contributed by atoms with Gasteiger partial charge >= 0.3 is 5.97 Å². The second kappa shape index (κ2) is 4.64. The fourth-order valence-corrected chi connectivity index (χ4v) is 3.12. The summed E-state index contributed by atoms with van der Waals surface area (Å²) in [5, 5.41) is 13.1. The minimum Gasteiger partial charge on any atom is -0.481 e. The van der Waals surface area contributed by atoms with Gasteiger partial charge in [-0.1, -0.05) is 11.3 Å². The van der Waals surface area contributed by atoms with Crippen LogP contribution >= 0.6 is 11.3 Å². The summed E-state index contributed by atoms with van der Waals surface area (Å²) in [6.45, 7) is 3.43. The molecular weight excluding hydrogens is 280 g/mol. The van der Waals surface area contributed by atoms with Gasteiger partial charge in [0, 0.05) is 19.2 Å². The molecule has 3 rings (SSSR count). The van der Waals surface area contributed by atoms with E-state index in [9.17, 15) is 14.7 Å². The highest BCUT2D eigenvalue weighted by Gasteiger charge is 2.40. The van der Waals surface area contributed by atoms with Gasteiger partial charge in [0.15, 0.2) is 0 Å². The van der Waals surface area contributed by atoms with Crippen LogP contribution in [0.15, 0.2) is 16.4 Å². The first-order chi connectivity index (χ1) is 9.48. The SMILES string of the molecule is CC1(C(=O)O)CCN(Cc2cc(=O)n3ncsc3n2)C1. The van der Waals surface area contributed by atoms with Gasteiger partial charge in [0.25, 0.3) is 5.56 Å². The number of likely N-dealkylation sites (tertiary alicyclic amines) is 1. The van der Waals surface area contributed by atoms with Crippen LogP contribution in [-0.2, 0) is 11.3 Å². The molecule has 1 N–H and O–H groups in total. The van der Waals surface area contributed by atoms with Crippen molar-refractivity contribution in [3.05, 3.63) is 27.6 Å². The molecule has 2 aromatic rings. The molecule has 0 amide bonds. The number of nitrogens with zero attached hydrogens (tertiary/aromatic N) is 4. The van der Waals surface area contributed by atoms with Gasteiger partial charge in [-0.2, -0.15) is 9.61 Å². The lowest BCUT2D eigenvalue weighted by molar-refractivity contribution is -0.147. The van der Waals surface area contributed by atoms with E-state index in [2.05, 4.69) is 10.1 Å². The number of carboxylic acids is 1. The predicted octanol–water partition coefficient (Wildman–Crippen LogP) is 0.448. The lowest BCUT2D eigenvalue weighted by Crippen LogP contribution is -2.32. The Kier molecular flexibility index (Phi) is 3.06. The molecule has 1 aliphatic rings. The van der Waals surface area contributed by atoms with Gasteiger partial charge in [0.2, 0.25) is 4.96 Å². The first-order valence-electron chi connectivity index (χ1n) is 6.26. The summed E-state index contributed by atoms with van der Waals surface area (Å²) in [5.74, 6) is -0.772. The maximum absolute atomic E-state index is 11.8. The minimum atomic E-state index is -0.772. The number of hydrogen-bond acceptors (Lipinski definition) is 6. The van der Waals surface area contributed by atoms with E-state index in [1.165, 1.54) is 21.9 Å². The summed E-state index contributed by atoms with van der Waals surface area (Å²) in [6.07, 6.45) is 0.615. The monoisotopic (exact) mass is 294 g/mol. The van der Waals surface area contributed by atoms with Crippen molar-refractivity contribution in [2.24, 2.45) is 5.41 Å². The Bertz CT molecular complexity index is 725. The summed E-state index contributed by atoms with van der Waals surface area (Å²) in [4.78, 5) is 30.0. The second-order valence-electron chi connectivity index (χ2n) is 5.35. The van der Waals surface area contributed by atoms with E-state index in [0.717, 1.165) is 0 Å². The second-order valence-corrected chi connectivity index (χ2v) is 6.16. The van der Waals surface area contributed by atoms with E-state index in [-0.39, 0.29) is 5.56 Å². The number of rotatable bonds is 3. The molecule has 106 valence electrons. The zero-order valence-corrected chi connectivity index (χ0v) is 11.8. The number of carbonyl (C=O) groups is 1. The highest BCUT2D eigenvalue weighted by Crippen LogP contribution is 2.30. The number of carboxylic acid groups (broad SMARTS) is 1. The Morgan fingerprint density at radius 1 is 1.60 bits per heavy atom. The zero-order valence-electron chi connectivity index (χ0n) is 10.9. The third-order valence-corrected chi connectivity index (χ3v) is 4.37. The molecule has 0 spiro atoms. The zero-order chi connectivity index (χ0) is 14.3. The summed E-state index contributed by atoms with van der Waals surface area (Å²) in [6, 6.07) is 1.46. The van der Waals surface area contributed by atoms with E-state index in [4.69, 9.17) is 0 Å². The van der Waals surface area contributed by atoms with Crippen LogP contribution in [0.3, 0.4) is 0 Å². The molecule has 0 bridgehead atoms. The number of fused-ring (bicyclic) bond motifs is 1. The average Bonchev–Trinajstić information content (AvgIpc) is 2.97. The molecule has 7 nitrogen and oxygen atoms in total. The van der Waals surface area contributed by atoms with Crippen LogP contribution in [0.4, 0.5) is 0 Å². The molecule has 1 fully saturated rings. The lowest BCUT2D eigenvalue weighted by Gasteiger charge is -2.19. The smallest absolute Gasteiger partial charge is 0.310 e. The Morgan fingerprint density at radius 2 is 2.40 bits per heavy atom. The molecule has 0 aromatic carbocycles. The summed E-state index contributed by atoms with van der Waals surface area (Å²) < 4.78 is 1.26. The van der Waals surface area contributed by atoms with Crippen molar-refractivity contribution >= 4 is 22.3 Å². The molecule has 0 aliphatic carbocycles. The van der Waals surface area contributed by atoms with Crippen LogP contribution in [0, 0.1) is 5.41 Å². The van der Waals surface area contributed by atoms with E-state index in [0.29, 0.717) is 36.7 Å². The van der Waals surface area contributed by atoms with Crippen molar-refractivity contribution in [3.63, 3.8) is 0 Å². The minimum absolute atomic E-state index is 0.202. The standard InChI is InChI=1S/C12H14N4O3S/c1-12(10(18)19)2-3-15(6-12)5-8-4-9(17)16-11(14-8)20-7-13-16/h4,7H,2-3,5-6H2,1H3,(H,18,19). The van der Waals surface area contributed by atoms with Gasteiger partial charge in [0.05, 0.1) is 11.1 Å². The molecule has 1 atom stereocenters. The third kappa shape index (κ3) is 2.20. The maximum atomic E-state index is 11.8. The first-order valence-corrected chi connectivity index (χ1v) is 7.14. The summed E-state index contributed by atoms with van der Waals surface area (Å²) in [5.41, 5.74) is 1.33. The third-order valence-electron chi connectivity index (χ3n) is 3.69. The van der Waals surface area contributed by atoms with Gasteiger partial charge in [-0.05, 0) is 19.9 Å². The molecular formula is C12H14N4O3S. The van der Waals surface area contributed by atoms with Crippen molar-refractivity contribution in [3.8, 4) is 0 Å². The Labute approximate surface area is 118 Å². The van der Waals surface area contributed by atoms with Gasteiger partial charge in [-0.3, -0.25) is 14.5 Å². The van der Waals surface area contributed by atoms with Crippen LogP contribution in [0.2, 0.25) is 0 Å².